The van der Waals surface area contributed by atoms with Crippen molar-refractivity contribution in [1.82, 2.24) is 9.47 Å². The van der Waals surface area contributed by atoms with Crippen LogP contribution in [0.5, 0.6) is 11.5 Å². The number of likely N-dealkylation sites (N-methyl/N-ethyl adjacent to an activating group) is 1. The molecule has 28 heavy (non-hydrogen) atoms. The van der Waals surface area contributed by atoms with E-state index in [-0.39, 0.29) is 5.43 Å². The van der Waals surface area contributed by atoms with Crippen molar-refractivity contribution < 1.29 is 9.47 Å². The number of nitrogens with zero attached hydrogens (tertiary/aromatic N) is 2. The van der Waals surface area contributed by atoms with Crippen LogP contribution in [0.1, 0.15) is 0 Å². The van der Waals surface area contributed by atoms with Crippen LogP contribution in [-0.2, 0) is 7.05 Å². The second-order valence-electron chi connectivity index (χ2n) is 7.01. The third-order valence-corrected chi connectivity index (χ3v) is 4.78. The van der Waals surface area contributed by atoms with Crippen molar-refractivity contribution in [2.24, 2.45) is 7.05 Å². The molecule has 3 aromatic rings. The fourth-order valence-corrected chi connectivity index (χ4v) is 3.22. The second-order valence-corrected chi connectivity index (χ2v) is 7.01. The molecule has 0 saturated carbocycles. The average molecular weight is 381 g/mol. The Morgan fingerprint density at radius 2 is 1.71 bits per heavy atom. The smallest absolute Gasteiger partial charge is 0.199 e. The van der Waals surface area contributed by atoms with Crippen LogP contribution in [-0.4, -0.2) is 50.9 Å². The molecule has 0 aliphatic carbocycles. The molecule has 0 radical (unpaired) electrons. The third-order valence-electron chi connectivity index (χ3n) is 4.78. The van der Waals surface area contributed by atoms with E-state index in [4.69, 9.17) is 9.47 Å². The minimum Gasteiger partial charge on any atom is -0.497 e. The van der Waals surface area contributed by atoms with E-state index < -0.39 is 0 Å². The fourth-order valence-electron chi connectivity index (χ4n) is 3.22. The van der Waals surface area contributed by atoms with Gasteiger partial charge in [-0.2, -0.15) is 0 Å². The molecular weight excluding hydrogens is 354 g/mol. The Bertz CT molecular complexity index is 1020. The molecule has 0 aliphatic rings. The average Bonchev–Trinajstić information content (AvgIpc) is 2.70. The minimum absolute atomic E-state index is 0.00623. The molecule has 0 spiro atoms. The molecule has 0 bridgehead atoms. The van der Waals surface area contributed by atoms with E-state index in [1.165, 1.54) is 0 Å². The third kappa shape index (κ3) is 3.97. The number of anilines is 1. The summed E-state index contributed by atoms with van der Waals surface area (Å²) in [4.78, 5) is 15.5. The number of benzene rings is 2. The summed E-state index contributed by atoms with van der Waals surface area (Å²) >= 11 is 0. The van der Waals surface area contributed by atoms with E-state index in [2.05, 4.69) is 10.2 Å². The molecule has 1 heterocycles. The van der Waals surface area contributed by atoms with Crippen LogP contribution in [0.2, 0.25) is 0 Å². The summed E-state index contributed by atoms with van der Waals surface area (Å²) in [7, 11) is 9.24. The number of hydrogen-bond acceptors (Lipinski definition) is 5. The highest BCUT2D eigenvalue weighted by Gasteiger charge is 2.15. The molecule has 0 unspecified atom stereocenters. The Morgan fingerprint density at radius 1 is 1.04 bits per heavy atom. The first-order chi connectivity index (χ1) is 13.4. The van der Waals surface area contributed by atoms with Gasteiger partial charge in [-0.1, -0.05) is 12.1 Å². The van der Waals surface area contributed by atoms with Crippen molar-refractivity contribution in [2.75, 3.05) is 46.7 Å². The maximum Gasteiger partial charge on any atom is 0.199 e. The van der Waals surface area contributed by atoms with Crippen molar-refractivity contribution in [3.05, 3.63) is 52.8 Å². The molecule has 1 N–H and O–H groups in total. The maximum atomic E-state index is 13.4. The Kier molecular flexibility index (Phi) is 5.90. The summed E-state index contributed by atoms with van der Waals surface area (Å²) in [5, 5.41) is 4.07. The summed E-state index contributed by atoms with van der Waals surface area (Å²) in [5.41, 5.74) is 3.12. The molecule has 2 aromatic carbocycles. The molecule has 6 nitrogen and oxygen atoms in total. The van der Waals surface area contributed by atoms with E-state index in [1.807, 2.05) is 68.3 Å². The number of methoxy groups -OCH3 is 2. The van der Waals surface area contributed by atoms with Crippen molar-refractivity contribution in [3.8, 4) is 22.6 Å². The number of ether oxygens (including phenoxy) is 2. The van der Waals surface area contributed by atoms with Gasteiger partial charge in [-0.25, -0.2) is 0 Å². The highest BCUT2D eigenvalue weighted by molar-refractivity contribution is 5.95. The zero-order chi connectivity index (χ0) is 20.3. The van der Waals surface area contributed by atoms with Crippen molar-refractivity contribution >= 4 is 16.6 Å². The van der Waals surface area contributed by atoms with Crippen LogP contribution >= 0.6 is 0 Å². The fraction of sp³-hybridized carbons (Fsp3) is 0.318. The van der Waals surface area contributed by atoms with Crippen LogP contribution < -0.4 is 20.2 Å². The first-order valence-corrected chi connectivity index (χ1v) is 9.19. The topological polar surface area (TPSA) is 55.7 Å². The summed E-state index contributed by atoms with van der Waals surface area (Å²) in [6.07, 6.45) is 1.87. The number of fused-ring (bicyclic) bond motifs is 1. The van der Waals surface area contributed by atoms with Crippen LogP contribution in [0, 0.1) is 0 Å². The Labute approximate surface area is 165 Å². The molecule has 0 fully saturated rings. The van der Waals surface area contributed by atoms with Crippen LogP contribution in [0.4, 0.5) is 5.69 Å². The normalized spacial score (nSPS) is 11.1. The lowest BCUT2D eigenvalue weighted by atomic mass is 10.0. The van der Waals surface area contributed by atoms with E-state index in [0.717, 1.165) is 35.6 Å². The van der Waals surface area contributed by atoms with Gasteiger partial charge in [0.2, 0.25) is 0 Å². The molecule has 0 saturated heterocycles. The number of rotatable bonds is 7. The zero-order valence-electron chi connectivity index (χ0n) is 17.1. The predicted octanol–water partition coefficient (Wildman–Crippen LogP) is 3.20. The van der Waals surface area contributed by atoms with Gasteiger partial charge >= 0.3 is 0 Å². The van der Waals surface area contributed by atoms with E-state index >= 15 is 0 Å². The lowest BCUT2D eigenvalue weighted by Gasteiger charge is -2.17. The highest BCUT2D eigenvalue weighted by atomic mass is 16.5. The summed E-state index contributed by atoms with van der Waals surface area (Å²) in [6, 6.07) is 11.3. The quantitative estimate of drug-likeness (QED) is 0.681. The molecule has 0 atom stereocenters. The number of aryl methyl sites for hydroxylation is 1. The van der Waals surface area contributed by atoms with Gasteiger partial charge in [0.15, 0.2) is 5.43 Å². The number of hydrogen-bond donors (Lipinski definition) is 1. The molecule has 1 aromatic heterocycles. The van der Waals surface area contributed by atoms with Gasteiger partial charge in [0.1, 0.15) is 11.5 Å². The van der Waals surface area contributed by atoms with Gasteiger partial charge in [-0.15, -0.1) is 0 Å². The standard InChI is InChI=1S/C22H27N3O3/c1-24(2)11-10-23-19-12-17(28-5)13-20-21(19)22(26)18(14-25(20)3)15-6-8-16(27-4)9-7-15/h6-9,12-14,23H,10-11H2,1-5H3. The van der Waals surface area contributed by atoms with Crippen molar-refractivity contribution in [1.29, 1.82) is 0 Å². The van der Waals surface area contributed by atoms with Gasteiger partial charge in [0, 0.05) is 44.0 Å². The van der Waals surface area contributed by atoms with Crippen LogP contribution in [0.25, 0.3) is 22.0 Å². The highest BCUT2D eigenvalue weighted by Crippen LogP contribution is 2.29. The van der Waals surface area contributed by atoms with Gasteiger partial charge in [0.05, 0.1) is 30.8 Å². The number of aromatic nitrogens is 1. The molecule has 6 heteroatoms. The summed E-state index contributed by atoms with van der Waals surface area (Å²) in [5.74, 6) is 1.48. The second kappa shape index (κ2) is 8.35. The first-order valence-electron chi connectivity index (χ1n) is 9.19. The zero-order valence-corrected chi connectivity index (χ0v) is 17.1. The monoisotopic (exact) mass is 381 g/mol. The molecular formula is C22H27N3O3. The summed E-state index contributed by atoms with van der Waals surface area (Å²) < 4.78 is 12.6. The van der Waals surface area contributed by atoms with Crippen LogP contribution in [0.3, 0.4) is 0 Å². The first kappa shape index (κ1) is 19.8. The van der Waals surface area contributed by atoms with Gasteiger partial charge in [-0.05, 0) is 31.8 Å². The van der Waals surface area contributed by atoms with E-state index in [0.29, 0.717) is 16.7 Å². The number of nitrogens with one attached hydrogen (secondary N) is 1. The lowest BCUT2D eigenvalue weighted by Crippen LogP contribution is -2.21. The van der Waals surface area contributed by atoms with E-state index in [1.54, 1.807) is 14.2 Å². The van der Waals surface area contributed by atoms with Gasteiger partial charge < -0.3 is 24.3 Å². The van der Waals surface area contributed by atoms with Gasteiger partial charge in [-0.3, -0.25) is 4.79 Å². The van der Waals surface area contributed by atoms with E-state index in [9.17, 15) is 4.79 Å². The Morgan fingerprint density at radius 3 is 2.32 bits per heavy atom. The number of pyridine rings is 1. The molecule has 148 valence electrons. The molecule has 0 aliphatic heterocycles. The van der Waals surface area contributed by atoms with Crippen molar-refractivity contribution in [2.45, 2.75) is 0 Å². The van der Waals surface area contributed by atoms with Crippen molar-refractivity contribution in [3.63, 3.8) is 0 Å². The minimum atomic E-state index is -0.00623. The Balaban J connectivity index is 2.17. The largest absolute Gasteiger partial charge is 0.497 e. The summed E-state index contributed by atoms with van der Waals surface area (Å²) in [6.45, 7) is 1.59. The molecule has 0 amide bonds. The van der Waals surface area contributed by atoms with Gasteiger partial charge in [0.25, 0.3) is 0 Å². The lowest BCUT2D eigenvalue weighted by molar-refractivity contribution is 0.415. The molecule has 3 rings (SSSR count). The van der Waals surface area contributed by atoms with Crippen LogP contribution in [0.15, 0.2) is 47.4 Å². The SMILES string of the molecule is COc1ccc(-c2cn(C)c3cc(OC)cc(NCCN(C)C)c3c2=O)cc1. The predicted molar refractivity (Wildman–Crippen MR) is 115 cm³/mol. The Hall–Kier alpha value is -2.99. The maximum absolute atomic E-state index is 13.4.